The highest BCUT2D eigenvalue weighted by atomic mass is 32.2. The Bertz CT molecular complexity index is 614. The second-order valence-corrected chi connectivity index (χ2v) is 5.47. The molecule has 0 saturated heterocycles. The first kappa shape index (κ1) is 14.9. The summed E-state index contributed by atoms with van der Waals surface area (Å²) in [4.78, 5) is 21.2. The molecule has 0 aliphatic rings. The lowest BCUT2D eigenvalue weighted by Gasteiger charge is -2.08. The van der Waals surface area contributed by atoms with E-state index in [9.17, 15) is 22.4 Å². The number of halogens is 1. The Kier molecular flexibility index (Phi) is 4.43. The Morgan fingerprint density at radius 1 is 1.37 bits per heavy atom. The highest BCUT2D eigenvalue weighted by molar-refractivity contribution is 7.92. The zero-order valence-corrected chi connectivity index (χ0v) is 10.4. The van der Waals surface area contributed by atoms with Gasteiger partial charge >= 0.3 is 5.97 Å². The molecule has 0 bridgehead atoms. The lowest BCUT2D eigenvalue weighted by Crippen LogP contribution is -2.20. The van der Waals surface area contributed by atoms with Crippen LogP contribution in [0, 0.1) is 5.82 Å². The number of carbonyl (C=O) groups excluding carboxylic acids is 1. The largest absolute Gasteiger partial charge is 0.481 e. The number of amides is 1. The first-order valence-corrected chi connectivity index (χ1v) is 6.68. The van der Waals surface area contributed by atoms with Gasteiger partial charge in [-0.15, -0.1) is 0 Å². The topological polar surface area (TPSA) is 127 Å². The van der Waals surface area contributed by atoms with Crippen molar-refractivity contribution in [2.45, 2.75) is 6.42 Å². The van der Waals surface area contributed by atoms with Gasteiger partial charge in [0.15, 0.2) is 0 Å². The van der Waals surface area contributed by atoms with Gasteiger partial charge in [-0.05, 0) is 18.2 Å². The molecule has 0 aromatic heterocycles. The third kappa shape index (κ3) is 4.54. The number of hydrogen-bond donors (Lipinski definition) is 3. The molecule has 0 aliphatic carbocycles. The van der Waals surface area contributed by atoms with E-state index in [4.69, 9.17) is 10.8 Å². The van der Waals surface area contributed by atoms with E-state index in [1.807, 2.05) is 4.72 Å². The molecule has 1 aromatic carbocycles. The molecule has 0 saturated carbocycles. The molecule has 0 fully saturated rings. The summed E-state index contributed by atoms with van der Waals surface area (Å²) in [7, 11) is -4.02. The fourth-order valence-electron chi connectivity index (χ4n) is 1.20. The Balaban J connectivity index is 2.95. The van der Waals surface area contributed by atoms with Crippen LogP contribution in [0.5, 0.6) is 0 Å². The molecule has 7 nitrogen and oxygen atoms in total. The van der Waals surface area contributed by atoms with Gasteiger partial charge < -0.3 is 10.8 Å². The number of hydrogen-bond acceptors (Lipinski definition) is 4. The second-order valence-electron chi connectivity index (χ2n) is 3.62. The fourth-order valence-corrected chi connectivity index (χ4v) is 2.23. The number of carboxylic acids is 1. The van der Waals surface area contributed by atoms with Crippen LogP contribution in [0.25, 0.3) is 0 Å². The summed E-state index contributed by atoms with van der Waals surface area (Å²) >= 11 is 0. The summed E-state index contributed by atoms with van der Waals surface area (Å²) in [5, 5.41) is 8.39. The smallest absolute Gasteiger partial charge is 0.304 e. The number of carboxylic acid groups (broad SMARTS) is 1. The van der Waals surface area contributed by atoms with Crippen molar-refractivity contribution in [2.75, 3.05) is 10.5 Å². The van der Waals surface area contributed by atoms with Gasteiger partial charge in [0.25, 0.3) is 0 Å². The molecule has 104 valence electrons. The predicted octanol–water partition coefficient (Wildman–Crippen LogP) is 0.141. The highest BCUT2D eigenvalue weighted by Gasteiger charge is 2.16. The summed E-state index contributed by atoms with van der Waals surface area (Å²) in [6.07, 6.45) is -0.619. The van der Waals surface area contributed by atoms with E-state index in [1.54, 1.807) is 0 Å². The molecular weight excluding hydrogens is 279 g/mol. The maximum atomic E-state index is 13.4. The molecule has 4 N–H and O–H groups in total. The molecule has 0 heterocycles. The minimum absolute atomic E-state index is 0.0719. The molecule has 9 heteroatoms. The van der Waals surface area contributed by atoms with Crippen molar-refractivity contribution in [1.29, 1.82) is 0 Å². The molecule has 1 rings (SSSR count). The van der Waals surface area contributed by atoms with Gasteiger partial charge in [0.1, 0.15) is 5.82 Å². The SMILES string of the molecule is NC(=O)c1ccc(F)c(NS(=O)(=O)CCC(=O)O)c1. The number of nitrogens with two attached hydrogens (primary N) is 1. The Labute approximate surface area is 108 Å². The molecule has 1 aromatic rings. The summed E-state index contributed by atoms with van der Waals surface area (Å²) in [6, 6.07) is 2.93. The first-order chi connectivity index (χ1) is 8.71. The number of benzene rings is 1. The summed E-state index contributed by atoms with van der Waals surface area (Å²) < 4.78 is 38.2. The summed E-state index contributed by atoms with van der Waals surface area (Å²) in [6.45, 7) is 0. The molecule has 19 heavy (non-hydrogen) atoms. The lowest BCUT2D eigenvalue weighted by atomic mass is 10.2. The van der Waals surface area contributed by atoms with Crippen LogP contribution in [0.1, 0.15) is 16.8 Å². The van der Waals surface area contributed by atoms with Crippen molar-refractivity contribution in [1.82, 2.24) is 0 Å². The third-order valence-corrected chi connectivity index (χ3v) is 3.37. The van der Waals surface area contributed by atoms with E-state index in [0.717, 1.165) is 18.2 Å². The van der Waals surface area contributed by atoms with E-state index < -0.39 is 45.6 Å². The average molecular weight is 290 g/mol. The molecule has 0 radical (unpaired) electrons. The van der Waals surface area contributed by atoms with Crippen molar-refractivity contribution in [3.63, 3.8) is 0 Å². The first-order valence-electron chi connectivity index (χ1n) is 5.03. The van der Waals surface area contributed by atoms with Gasteiger partial charge in [0.2, 0.25) is 15.9 Å². The Morgan fingerprint density at radius 2 is 2.00 bits per heavy atom. The van der Waals surface area contributed by atoms with Crippen LogP contribution in [0.15, 0.2) is 18.2 Å². The lowest BCUT2D eigenvalue weighted by molar-refractivity contribution is -0.136. The van der Waals surface area contributed by atoms with Crippen LogP contribution in [-0.4, -0.2) is 31.2 Å². The molecule has 0 aliphatic heterocycles. The minimum Gasteiger partial charge on any atom is -0.481 e. The fraction of sp³-hybridized carbons (Fsp3) is 0.200. The van der Waals surface area contributed by atoms with E-state index in [0.29, 0.717) is 0 Å². The minimum atomic E-state index is -4.02. The zero-order chi connectivity index (χ0) is 14.6. The van der Waals surface area contributed by atoms with E-state index in [-0.39, 0.29) is 5.56 Å². The predicted molar refractivity (Wildman–Crippen MR) is 64.6 cm³/mol. The maximum Gasteiger partial charge on any atom is 0.304 e. The number of carbonyl (C=O) groups is 2. The van der Waals surface area contributed by atoms with Crippen molar-refractivity contribution < 1.29 is 27.5 Å². The van der Waals surface area contributed by atoms with Crippen LogP contribution >= 0.6 is 0 Å². The molecule has 0 atom stereocenters. The maximum absolute atomic E-state index is 13.4. The summed E-state index contributed by atoms with van der Waals surface area (Å²) in [5.74, 6) is -3.74. The Morgan fingerprint density at radius 3 is 2.53 bits per heavy atom. The quantitative estimate of drug-likeness (QED) is 0.687. The monoisotopic (exact) mass is 290 g/mol. The van der Waals surface area contributed by atoms with Crippen LogP contribution in [0.3, 0.4) is 0 Å². The Hall–Kier alpha value is -2.16. The van der Waals surface area contributed by atoms with Gasteiger partial charge in [-0.3, -0.25) is 14.3 Å². The van der Waals surface area contributed by atoms with Crippen molar-refractivity contribution in [3.8, 4) is 0 Å². The van der Waals surface area contributed by atoms with Crippen LogP contribution < -0.4 is 10.5 Å². The van der Waals surface area contributed by atoms with Gasteiger partial charge in [-0.2, -0.15) is 0 Å². The highest BCUT2D eigenvalue weighted by Crippen LogP contribution is 2.17. The number of primary amides is 1. The number of nitrogens with one attached hydrogen (secondary N) is 1. The number of anilines is 1. The molecule has 0 unspecified atom stereocenters. The van der Waals surface area contributed by atoms with Crippen molar-refractivity contribution in [3.05, 3.63) is 29.6 Å². The third-order valence-electron chi connectivity index (χ3n) is 2.10. The molecule has 1 amide bonds. The van der Waals surface area contributed by atoms with Gasteiger partial charge in [0.05, 0.1) is 17.9 Å². The van der Waals surface area contributed by atoms with Crippen molar-refractivity contribution in [2.24, 2.45) is 5.73 Å². The molecular formula is C10H11FN2O5S. The molecule has 0 spiro atoms. The second kappa shape index (κ2) is 5.65. The number of rotatable bonds is 6. The van der Waals surface area contributed by atoms with Gasteiger partial charge in [0, 0.05) is 5.56 Å². The van der Waals surface area contributed by atoms with Gasteiger partial charge in [-0.25, -0.2) is 12.8 Å². The number of aliphatic carboxylic acids is 1. The van der Waals surface area contributed by atoms with Crippen molar-refractivity contribution >= 4 is 27.6 Å². The summed E-state index contributed by atoms with van der Waals surface area (Å²) in [5.41, 5.74) is 4.45. The van der Waals surface area contributed by atoms with Crippen LogP contribution in [0.4, 0.5) is 10.1 Å². The van der Waals surface area contributed by atoms with Gasteiger partial charge in [-0.1, -0.05) is 0 Å². The normalized spacial score (nSPS) is 11.0. The van der Waals surface area contributed by atoms with Crippen LogP contribution in [0.2, 0.25) is 0 Å². The zero-order valence-electron chi connectivity index (χ0n) is 9.59. The van der Waals surface area contributed by atoms with E-state index >= 15 is 0 Å². The average Bonchev–Trinajstić information content (AvgIpc) is 2.29. The van der Waals surface area contributed by atoms with E-state index in [2.05, 4.69) is 0 Å². The van der Waals surface area contributed by atoms with Crippen LogP contribution in [-0.2, 0) is 14.8 Å². The standard InChI is InChI=1S/C10H11FN2O5S/c11-7-2-1-6(10(12)16)5-8(7)13-19(17,18)4-3-9(14)15/h1-2,5,13H,3-4H2,(H2,12,16)(H,14,15). The van der Waals surface area contributed by atoms with E-state index in [1.165, 1.54) is 0 Å². The number of sulfonamides is 1.